The van der Waals surface area contributed by atoms with Crippen molar-refractivity contribution in [2.45, 2.75) is 6.10 Å². The minimum absolute atomic E-state index is 0.0523. The molecular weight excluding hydrogens is 222 g/mol. The highest BCUT2D eigenvalue weighted by Crippen LogP contribution is 2.28. The van der Waals surface area contributed by atoms with Crippen LogP contribution in [0.25, 0.3) is 0 Å². The Hall–Kier alpha value is -1.66. The summed E-state index contributed by atoms with van der Waals surface area (Å²) in [6, 6.07) is 6.75. The highest BCUT2D eigenvalue weighted by molar-refractivity contribution is 5.63. The van der Waals surface area contributed by atoms with Gasteiger partial charge in [-0.2, -0.15) is 0 Å². The van der Waals surface area contributed by atoms with Crippen molar-refractivity contribution >= 4 is 11.4 Å². The van der Waals surface area contributed by atoms with Crippen LogP contribution < -0.4 is 10.6 Å². The maximum Gasteiger partial charge on any atom is 0.292 e. The van der Waals surface area contributed by atoms with Crippen LogP contribution in [0.1, 0.15) is 0 Å². The molecule has 1 unspecified atom stereocenters. The van der Waals surface area contributed by atoms with Crippen LogP contribution >= 0.6 is 0 Å². The topological polar surface area (TPSA) is 81.6 Å². The number of nitro groups is 1. The molecule has 1 aromatic rings. The molecule has 1 saturated heterocycles. The van der Waals surface area contributed by atoms with Gasteiger partial charge in [0.15, 0.2) is 0 Å². The number of para-hydroxylation sites is 2. The average Bonchev–Trinajstić information content (AvgIpc) is 2.39. The molecular formula is C11H15N3O3. The lowest BCUT2D eigenvalue weighted by molar-refractivity contribution is -0.384. The molecule has 0 bridgehead atoms. The molecule has 1 fully saturated rings. The van der Waals surface area contributed by atoms with Crippen LogP contribution in [-0.2, 0) is 4.74 Å². The third-order valence-corrected chi connectivity index (χ3v) is 2.82. The Kier molecular flexibility index (Phi) is 3.55. The Morgan fingerprint density at radius 1 is 1.53 bits per heavy atom. The molecule has 0 radical (unpaired) electrons. The van der Waals surface area contributed by atoms with E-state index in [-0.39, 0.29) is 16.7 Å². The number of nitrogens with zero attached hydrogens (tertiary/aromatic N) is 2. The predicted molar refractivity (Wildman–Crippen MR) is 64.1 cm³/mol. The second-order valence-electron chi connectivity index (χ2n) is 3.92. The van der Waals surface area contributed by atoms with Gasteiger partial charge in [0.05, 0.1) is 17.6 Å². The molecule has 1 atom stereocenters. The molecule has 0 aliphatic carbocycles. The quantitative estimate of drug-likeness (QED) is 0.620. The maximum absolute atomic E-state index is 10.9. The Morgan fingerprint density at radius 2 is 2.29 bits per heavy atom. The van der Waals surface area contributed by atoms with Gasteiger partial charge in [0.2, 0.25) is 0 Å². The van der Waals surface area contributed by atoms with Crippen LogP contribution in [0.3, 0.4) is 0 Å². The lowest BCUT2D eigenvalue weighted by Gasteiger charge is -2.33. The van der Waals surface area contributed by atoms with E-state index in [9.17, 15) is 10.1 Å². The fourth-order valence-corrected chi connectivity index (χ4v) is 1.97. The summed E-state index contributed by atoms with van der Waals surface area (Å²) in [5.74, 6) is 0. The van der Waals surface area contributed by atoms with Gasteiger partial charge in [-0.1, -0.05) is 12.1 Å². The van der Waals surface area contributed by atoms with E-state index >= 15 is 0 Å². The van der Waals surface area contributed by atoms with Crippen molar-refractivity contribution in [1.82, 2.24) is 0 Å². The highest BCUT2D eigenvalue weighted by atomic mass is 16.6. The first kappa shape index (κ1) is 11.8. The van der Waals surface area contributed by atoms with Crippen LogP contribution in [0.5, 0.6) is 0 Å². The lowest BCUT2D eigenvalue weighted by Crippen LogP contribution is -2.45. The van der Waals surface area contributed by atoms with E-state index in [0.29, 0.717) is 31.9 Å². The number of benzene rings is 1. The predicted octanol–water partition coefficient (Wildman–Crippen LogP) is 0.759. The van der Waals surface area contributed by atoms with Gasteiger partial charge in [-0.25, -0.2) is 0 Å². The van der Waals surface area contributed by atoms with E-state index in [1.54, 1.807) is 18.2 Å². The zero-order valence-corrected chi connectivity index (χ0v) is 9.41. The van der Waals surface area contributed by atoms with Crippen LogP contribution in [0.4, 0.5) is 11.4 Å². The Bertz CT molecular complexity index is 411. The summed E-state index contributed by atoms with van der Waals surface area (Å²) in [5.41, 5.74) is 6.32. The fourth-order valence-electron chi connectivity index (χ4n) is 1.97. The van der Waals surface area contributed by atoms with Gasteiger partial charge in [0.25, 0.3) is 5.69 Å². The average molecular weight is 237 g/mol. The molecule has 17 heavy (non-hydrogen) atoms. The standard InChI is InChI=1S/C11H15N3O3/c12-7-9-8-13(5-6-17-9)10-3-1-2-4-11(10)14(15)16/h1-4,9H,5-8,12H2. The first-order chi connectivity index (χ1) is 8.22. The summed E-state index contributed by atoms with van der Waals surface area (Å²) < 4.78 is 5.44. The summed E-state index contributed by atoms with van der Waals surface area (Å²) in [5, 5.41) is 10.9. The molecule has 1 aliphatic rings. The van der Waals surface area contributed by atoms with Gasteiger partial charge in [-0.3, -0.25) is 10.1 Å². The number of ether oxygens (including phenoxy) is 1. The summed E-state index contributed by atoms with van der Waals surface area (Å²) in [7, 11) is 0. The number of rotatable bonds is 3. The van der Waals surface area contributed by atoms with Crippen molar-refractivity contribution in [3.63, 3.8) is 0 Å². The SMILES string of the molecule is NCC1CN(c2ccccc2[N+](=O)[O-])CCO1. The van der Waals surface area contributed by atoms with Gasteiger partial charge in [-0.05, 0) is 6.07 Å². The van der Waals surface area contributed by atoms with E-state index in [2.05, 4.69) is 0 Å². The minimum Gasteiger partial charge on any atom is -0.373 e. The Labute approximate surface area is 99.1 Å². The summed E-state index contributed by atoms with van der Waals surface area (Å²) >= 11 is 0. The summed E-state index contributed by atoms with van der Waals surface area (Å²) in [4.78, 5) is 12.5. The van der Waals surface area contributed by atoms with E-state index < -0.39 is 0 Å². The van der Waals surface area contributed by atoms with Crippen LogP contribution in [0.15, 0.2) is 24.3 Å². The van der Waals surface area contributed by atoms with Gasteiger partial charge in [0.1, 0.15) is 5.69 Å². The number of morpholine rings is 1. The van der Waals surface area contributed by atoms with Crippen LogP contribution in [0, 0.1) is 10.1 Å². The van der Waals surface area contributed by atoms with Crippen molar-refractivity contribution in [3.05, 3.63) is 34.4 Å². The van der Waals surface area contributed by atoms with E-state index in [1.165, 1.54) is 6.07 Å². The lowest BCUT2D eigenvalue weighted by atomic mass is 10.2. The van der Waals surface area contributed by atoms with E-state index in [0.717, 1.165) is 0 Å². The molecule has 92 valence electrons. The molecule has 2 rings (SSSR count). The Balaban J connectivity index is 2.24. The second-order valence-corrected chi connectivity index (χ2v) is 3.92. The van der Waals surface area contributed by atoms with Gasteiger partial charge < -0.3 is 15.4 Å². The highest BCUT2D eigenvalue weighted by Gasteiger charge is 2.24. The van der Waals surface area contributed by atoms with Crippen molar-refractivity contribution in [3.8, 4) is 0 Å². The minimum atomic E-state index is -0.359. The third kappa shape index (κ3) is 2.54. The van der Waals surface area contributed by atoms with E-state index in [4.69, 9.17) is 10.5 Å². The number of hydrogen-bond donors (Lipinski definition) is 1. The third-order valence-electron chi connectivity index (χ3n) is 2.82. The van der Waals surface area contributed by atoms with Crippen molar-refractivity contribution in [2.24, 2.45) is 5.73 Å². The first-order valence-corrected chi connectivity index (χ1v) is 5.52. The molecule has 1 aromatic carbocycles. The summed E-state index contributed by atoms with van der Waals surface area (Å²) in [6.07, 6.45) is -0.0523. The van der Waals surface area contributed by atoms with E-state index in [1.807, 2.05) is 4.90 Å². The molecule has 6 nitrogen and oxygen atoms in total. The number of anilines is 1. The van der Waals surface area contributed by atoms with Gasteiger partial charge >= 0.3 is 0 Å². The molecule has 1 aliphatic heterocycles. The van der Waals surface area contributed by atoms with Crippen molar-refractivity contribution < 1.29 is 9.66 Å². The van der Waals surface area contributed by atoms with Crippen molar-refractivity contribution in [1.29, 1.82) is 0 Å². The fraction of sp³-hybridized carbons (Fsp3) is 0.455. The zero-order chi connectivity index (χ0) is 12.3. The zero-order valence-electron chi connectivity index (χ0n) is 9.41. The second kappa shape index (κ2) is 5.11. The van der Waals surface area contributed by atoms with Gasteiger partial charge in [-0.15, -0.1) is 0 Å². The number of nitro benzene ring substituents is 1. The molecule has 0 aromatic heterocycles. The number of nitrogens with two attached hydrogens (primary N) is 1. The van der Waals surface area contributed by atoms with Gasteiger partial charge in [0, 0.05) is 25.7 Å². The normalized spacial score (nSPS) is 20.3. The Morgan fingerprint density at radius 3 is 3.00 bits per heavy atom. The smallest absolute Gasteiger partial charge is 0.292 e. The van der Waals surface area contributed by atoms with Crippen molar-refractivity contribution in [2.75, 3.05) is 31.1 Å². The maximum atomic E-state index is 10.9. The molecule has 0 saturated carbocycles. The largest absolute Gasteiger partial charge is 0.373 e. The monoisotopic (exact) mass is 237 g/mol. The molecule has 2 N–H and O–H groups in total. The summed E-state index contributed by atoms with van der Waals surface area (Å²) in [6.45, 7) is 2.23. The number of hydrogen-bond acceptors (Lipinski definition) is 5. The van der Waals surface area contributed by atoms with Crippen LogP contribution in [-0.4, -0.2) is 37.3 Å². The molecule has 1 heterocycles. The first-order valence-electron chi connectivity index (χ1n) is 5.52. The van der Waals surface area contributed by atoms with Crippen LogP contribution in [0.2, 0.25) is 0 Å². The molecule has 6 heteroatoms. The molecule has 0 spiro atoms. The molecule has 0 amide bonds.